The number of nitriles is 1. The summed E-state index contributed by atoms with van der Waals surface area (Å²) in [5.41, 5.74) is -3.92. The Morgan fingerprint density at radius 2 is 2.03 bits per heavy atom. The molecule has 0 saturated heterocycles. The van der Waals surface area contributed by atoms with Crippen molar-refractivity contribution in [2.45, 2.75) is 25.8 Å². The quantitative estimate of drug-likeness (QED) is 0.569. The highest BCUT2D eigenvalue weighted by atomic mass is 35.5. The highest BCUT2D eigenvalue weighted by Crippen LogP contribution is 2.35. The van der Waals surface area contributed by atoms with Crippen LogP contribution in [-0.4, -0.2) is 19.7 Å². The number of nitrogens with zero attached hydrogens (tertiary/aromatic N) is 4. The Bertz CT molecular complexity index is 1330. The van der Waals surface area contributed by atoms with Crippen molar-refractivity contribution in [1.29, 1.82) is 5.26 Å². The second-order valence-electron chi connectivity index (χ2n) is 6.47. The second kappa shape index (κ2) is 8.80. The Morgan fingerprint density at radius 3 is 2.66 bits per heavy atom. The molecule has 0 saturated carbocycles. The summed E-state index contributed by atoms with van der Waals surface area (Å²) in [4.78, 5) is 27.7. The number of benzene rings is 1. The fraction of sp³-hybridized carbons (Fsp3) is 0.211. The van der Waals surface area contributed by atoms with Gasteiger partial charge in [-0.15, -0.1) is 0 Å². The SMILES string of the molecule is CC(F)c1cc(Cn2cnc(C(F)(F)F)c(Oc3ccc(Cl)c(C#N)c3)c2=O)n[nH]c1=O. The van der Waals surface area contributed by atoms with Crippen LogP contribution < -0.4 is 15.9 Å². The van der Waals surface area contributed by atoms with Gasteiger partial charge in [0.25, 0.3) is 11.1 Å². The van der Waals surface area contributed by atoms with Gasteiger partial charge in [-0.1, -0.05) is 11.6 Å². The van der Waals surface area contributed by atoms with Gasteiger partial charge < -0.3 is 4.74 Å². The third kappa shape index (κ3) is 4.78. The van der Waals surface area contributed by atoms with Crippen molar-refractivity contribution in [1.82, 2.24) is 19.7 Å². The van der Waals surface area contributed by atoms with Crippen LogP contribution in [0.25, 0.3) is 0 Å². The molecule has 1 unspecified atom stereocenters. The minimum absolute atomic E-state index is 0.00281. The van der Waals surface area contributed by atoms with Gasteiger partial charge in [0.05, 0.1) is 34.7 Å². The van der Waals surface area contributed by atoms with Gasteiger partial charge in [-0.25, -0.2) is 14.5 Å². The molecule has 0 bridgehead atoms. The number of hydrogen-bond acceptors (Lipinski definition) is 6. The molecule has 0 aliphatic carbocycles. The summed E-state index contributed by atoms with van der Waals surface area (Å²) in [6.07, 6.45) is -6.03. The molecule has 0 spiro atoms. The lowest BCUT2D eigenvalue weighted by Gasteiger charge is -2.15. The van der Waals surface area contributed by atoms with Crippen LogP contribution in [0, 0.1) is 11.3 Å². The van der Waals surface area contributed by atoms with E-state index >= 15 is 0 Å². The van der Waals surface area contributed by atoms with Crippen LogP contribution in [0.2, 0.25) is 5.02 Å². The van der Waals surface area contributed by atoms with Gasteiger partial charge in [0.15, 0.2) is 5.69 Å². The van der Waals surface area contributed by atoms with E-state index in [1.54, 1.807) is 6.07 Å². The Kier molecular flexibility index (Phi) is 6.31. The summed E-state index contributed by atoms with van der Waals surface area (Å²) >= 11 is 5.80. The van der Waals surface area contributed by atoms with E-state index < -0.39 is 41.5 Å². The van der Waals surface area contributed by atoms with Crippen molar-refractivity contribution >= 4 is 11.6 Å². The van der Waals surface area contributed by atoms with Gasteiger partial charge >= 0.3 is 6.18 Å². The van der Waals surface area contributed by atoms with Gasteiger partial charge in [-0.05, 0) is 25.1 Å². The van der Waals surface area contributed by atoms with Gasteiger partial charge in [-0.2, -0.15) is 23.5 Å². The van der Waals surface area contributed by atoms with Crippen LogP contribution in [0.4, 0.5) is 17.6 Å². The lowest BCUT2D eigenvalue weighted by atomic mass is 10.2. The molecule has 32 heavy (non-hydrogen) atoms. The fourth-order valence-electron chi connectivity index (χ4n) is 2.66. The Balaban J connectivity index is 2.08. The third-order valence-electron chi connectivity index (χ3n) is 4.19. The van der Waals surface area contributed by atoms with Crippen molar-refractivity contribution in [3.8, 4) is 17.6 Å². The molecule has 0 aliphatic heterocycles. The molecular weight excluding hydrogens is 458 g/mol. The summed E-state index contributed by atoms with van der Waals surface area (Å²) in [5, 5.41) is 14.8. The van der Waals surface area contributed by atoms with Crippen LogP contribution in [0.15, 0.2) is 40.2 Å². The third-order valence-corrected chi connectivity index (χ3v) is 4.52. The highest BCUT2D eigenvalue weighted by Gasteiger charge is 2.38. The van der Waals surface area contributed by atoms with E-state index in [4.69, 9.17) is 21.6 Å². The van der Waals surface area contributed by atoms with E-state index in [1.807, 2.05) is 0 Å². The van der Waals surface area contributed by atoms with Crippen molar-refractivity contribution in [2.75, 3.05) is 0 Å². The minimum Gasteiger partial charge on any atom is -0.449 e. The van der Waals surface area contributed by atoms with Crippen LogP contribution in [0.1, 0.15) is 35.6 Å². The number of rotatable bonds is 5. The predicted octanol–water partition coefficient (Wildman–Crippen LogP) is 3.74. The molecule has 166 valence electrons. The summed E-state index contributed by atoms with van der Waals surface area (Å²) in [7, 11) is 0. The standard InChI is InChI=1S/C19H12ClF4N5O3/c1-9(21)13-5-11(27-28-17(13)30)7-29-8-26-16(19(22,23)24)15(18(29)31)32-12-2-3-14(20)10(4-12)6-25/h2-5,8-9H,7H2,1H3,(H,28,30). The zero-order valence-corrected chi connectivity index (χ0v) is 16.8. The van der Waals surface area contributed by atoms with Crippen molar-refractivity contribution < 1.29 is 22.3 Å². The number of halogens is 5. The molecule has 3 aromatic rings. The molecule has 2 heterocycles. The number of alkyl halides is 4. The smallest absolute Gasteiger partial charge is 0.437 e. The van der Waals surface area contributed by atoms with E-state index in [-0.39, 0.29) is 27.6 Å². The molecule has 1 N–H and O–H groups in total. The molecular formula is C19H12ClF4N5O3. The van der Waals surface area contributed by atoms with Crippen molar-refractivity contribution in [3.63, 3.8) is 0 Å². The first kappa shape index (κ1) is 23.0. The lowest BCUT2D eigenvalue weighted by Crippen LogP contribution is -2.27. The van der Waals surface area contributed by atoms with Gasteiger partial charge in [0, 0.05) is 6.07 Å². The molecule has 1 aromatic carbocycles. The van der Waals surface area contributed by atoms with E-state index in [0.717, 1.165) is 23.6 Å². The van der Waals surface area contributed by atoms with E-state index in [1.165, 1.54) is 12.1 Å². The van der Waals surface area contributed by atoms with E-state index in [9.17, 15) is 27.2 Å². The number of hydrogen-bond donors (Lipinski definition) is 1. The molecule has 1 atom stereocenters. The Hall–Kier alpha value is -3.72. The minimum atomic E-state index is -5.02. The molecule has 13 heteroatoms. The molecule has 0 amide bonds. The lowest BCUT2D eigenvalue weighted by molar-refractivity contribution is -0.142. The molecule has 8 nitrogen and oxygen atoms in total. The number of aromatic amines is 1. The maximum absolute atomic E-state index is 13.6. The van der Waals surface area contributed by atoms with Crippen molar-refractivity contribution in [3.05, 3.63) is 78.8 Å². The summed E-state index contributed by atoms with van der Waals surface area (Å²) < 4.78 is 59.8. The first-order valence-corrected chi connectivity index (χ1v) is 9.15. The first-order valence-electron chi connectivity index (χ1n) is 8.78. The van der Waals surface area contributed by atoms with Crippen molar-refractivity contribution in [2.24, 2.45) is 0 Å². The summed E-state index contributed by atoms with van der Waals surface area (Å²) in [6.45, 7) is 0.689. The van der Waals surface area contributed by atoms with E-state index in [0.29, 0.717) is 6.33 Å². The number of aromatic nitrogens is 4. The summed E-state index contributed by atoms with van der Waals surface area (Å²) in [6, 6.07) is 6.30. The largest absolute Gasteiger partial charge is 0.449 e. The normalized spacial score (nSPS) is 12.3. The number of nitrogens with one attached hydrogen (secondary N) is 1. The van der Waals surface area contributed by atoms with Gasteiger partial charge in [0.2, 0.25) is 5.75 Å². The van der Waals surface area contributed by atoms with Gasteiger partial charge in [0.1, 0.15) is 18.0 Å². The average Bonchev–Trinajstić information content (AvgIpc) is 2.72. The number of ether oxygens (including phenoxy) is 1. The molecule has 0 fully saturated rings. The molecule has 0 radical (unpaired) electrons. The molecule has 2 aromatic heterocycles. The zero-order chi connectivity index (χ0) is 23.6. The first-order chi connectivity index (χ1) is 15.0. The fourth-order valence-corrected chi connectivity index (χ4v) is 2.82. The Labute approximate surface area is 181 Å². The highest BCUT2D eigenvalue weighted by molar-refractivity contribution is 6.31. The topological polar surface area (TPSA) is 114 Å². The zero-order valence-electron chi connectivity index (χ0n) is 16.1. The maximum Gasteiger partial charge on any atom is 0.437 e. The summed E-state index contributed by atoms with van der Waals surface area (Å²) in [5.74, 6) is -1.39. The Morgan fingerprint density at radius 1 is 1.31 bits per heavy atom. The number of H-pyrrole nitrogens is 1. The van der Waals surface area contributed by atoms with Crippen LogP contribution in [-0.2, 0) is 12.7 Å². The average molecular weight is 470 g/mol. The second-order valence-corrected chi connectivity index (χ2v) is 6.88. The molecule has 3 rings (SSSR count). The van der Waals surface area contributed by atoms with E-state index in [2.05, 4.69) is 15.2 Å². The maximum atomic E-state index is 13.6. The van der Waals surface area contributed by atoms with Crippen LogP contribution >= 0.6 is 11.6 Å². The molecule has 0 aliphatic rings. The van der Waals surface area contributed by atoms with Crippen LogP contribution in [0.3, 0.4) is 0 Å². The predicted molar refractivity (Wildman–Crippen MR) is 103 cm³/mol. The van der Waals surface area contributed by atoms with Gasteiger partial charge in [-0.3, -0.25) is 14.2 Å². The monoisotopic (exact) mass is 469 g/mol. The van der Waals surface area contributed by atoms with Crippen LogP contribution in [0.5, 0.6) is 11.5 Å².